The van der Waals surface area contributed by atoms with Gasteiger partial charge in [-0.25, -0.2) is 4.79 Å². The number of phenols is 2. The number of esters is 2. The maximum atomic E-state index is 12.5. The first-order valence-electron chi connectivity index (χ1n) is 7.95. The fraction of sp³-hybridized carbons (Fsp3) is 0.389. The minimum atomic E-state index is -1.11. The Kier molecular flexibility index (Phi) is 6.21. The van der Waals surface area contributed by atoms with Gasteiger partial charge in [-0.2, -0.15) is 0 Å². The molecule has 0 unspecified atom stereocenters. The van der Waals surface area contributed by atoms with Gasteiger partial charge >= 0.3 is 11.9 Å². The van der Waals surface area contributed by atoms with Gasteiger partial charge in [-0.05, 0) is 24.6 Å². The van der Waals surface area contributed by atoms with E-state index in [4.69, 9.17) is 9.47 Å². The summed E-state index contributed by atoms with van der Waals surface area (Å²) in [6.45, 7) is 1.58. The van der Waals surface area contributed by atoms with Crippen LogP contribution >= 0.6 is 0 Å². The highest BCUT2D eigenvalue weighted by atomic mass is 16.5. The van der Waals surface area contributed by atoms with E-state index >= 15 is 0 Å². The molecule has 8 heteroatoms. The molecule has 0 amide bonds. The molecule has 26 heavy (non-hydrogen) atoms. The second-order valence-corrected chi connectivity index (χ2v) is 5.84. The van der Waals surface area contributed by atoms with E-state index in [1.165, 1.54) is 12.1 Å². The molecular formula is C18H20O8. The van der Waals surface area contributed by atoms with E-state index in [0.717, 1.165) is 13.4 Å². The summed E-state index contributed by atoms with van der Waals surface area (Å²) in [4.78, 5) is 35.7. The molecule has 0 spiro atoms. The third-order valence-electron chi connectivity index (χ3n) is 4.18. The molecule has 1 aliphatic heterocycles. The quantitative estimate of drug-likeness (QED) is 0.437. The third kappa shape index (κ3) is 4.14. The molecule has 0 aliphatic carbocycles. The fourth-order valence-electron chi connectivity index (χ4n) is 2.67. The van der Waals surface area contributed by atoms with Crippen molar-refractivity contribution in [2.45, 2.75) is 19.4 Å². The summed E-state index contributed by atoms with van der Waals surface area (Å²) >= 11 is 0. The summed E-state index contributed by atoms with van der Waals surface area (Å²) < 4.78 is 15.1. The maximum Gasteiger partial charge on any atom is 0.337 e. The van der Waals surface area contributed by atoms with Gasteiger partial charge in [0.15, 0.2) is 11.5 Å². The Bertz CT molecular complexity index is 724. The number of benzene rings is 1. The van der Waals surface area contributed by atoms with Gasteiger partial charge < -0.3 is 29.2 Å². The Labute approximate surface area is 150 Å². The standard InChI is InChI=1S/C18H20O8/c1-10-12(8-19)16(13(9-26-10)17(22)24-2)18(23)25-6-5-11-3-4-14(20)15(21)7-11/h3-4,7-10,12,16,20-21H,5-6H2,1-2H3/t10-,12+,16-/m0/s1. The van der Waals surface area contributed by atoms with Crippen molar-refractivity contribution in [1.29, 1.82) is 0 Å². The van der Waals surface area contributed by atoms with Crippen LogP contribution in [-0.4, -0.2) is 48.3 Å². The first-order chi connectivity index (χ1) is 12.4. The summed E-state index contributed by atoms with van der Waals surface area (Å²) in [6.07, 6.45) is 1.37. The second kappa shape index (κ2) is 8.37. The molecule has 140 valence electrons. The number of phenolic OH excluding ortho intramolecular Hbond substituents is 2. The molecule has 0 aromatic heterocycles. The lowest BCUT2D eigenvalue weighted by Gasteiger charge is -2.31. The number of hydrogen-bond donors (Lipinski definition) is 2. The zero-order valence-corrected chi connectivity index (χ0v) is 14.4. The van der Waals surface area contributed by atoms with Gasteiger partial charge in [-0.1, -0.05) is 6.07 Å². The van der Waals surface area contributed by atoms with Crippen LogP contribution in [0.25, 0.3) is 0 Å². The summed E-state index contributed by atoms with van der Waals surface area (Å²) in [7, 11) is 1.16. The van der Waals surface area contributed by atoms with Gasteiger partial charge in [-0.3, -0.25) is 4.79 Å². The van der Waals surface area contributed by atoms with Crippen LogP contribution in [0.5, 0.6) is 11.5 Å². The Balaban J connectivity index is 2.07. The van der Waals surface area contributed by atoms with Gasteiger partial charge in [0, 0.05) is 6.42 Å². The Hall–Kier alpha value is -3.03. The molecule has 1 heterocycles. The first kappa shape index (κ1) is 19.3. The van der Waals surface area contributed by atoms with Crippen LogP contribution < -0.4 is 0 Å². The summed E-state index contributed by atoms with van der Waals surface area (Å²) in [5.41, 5.74) is 0.569. The van der Waals surface area contributed by atoms with Gasteiger partial charge in [-0.15, -0.1) is 0 Å². The van der Waals surface area contributed by atoms with Crippen molar-refractivity contribution >= 4 is 18.2 Å². The summed E-state index contributed by atoms with van der Waals surface area (Å²) in [5.74, 6) is -4.02. The number of carbonyl (C=O) groups excluding carboxylic acids is 3. The summed E-state index contributed by atoms with van der Waals surface area (Å²) in [5, 5.41) is 18.7. The van der Waals surface area contributed by atoms with Crippen LogP contribution in [0.2, 0.25) is 0 Å². The number of carbonyl (C=O) groups is 3. The van der Waals surface area contributed by atoms with Crippen molar-refractivity contribution < 1.29 is 38.8 Å². The average molecular weight is 364 g/mol. The minimum absolute atomic E-state index is 0.0329. The fourth-order valence-corrected chi connectivity index (χ4v) is 2.67. The summed E-state index contributed by atoms with van der Waals surface area (Å²) in [6, 6.07) is 4.26. The van der Waals surface area contributed by atoms with Crippen LogP contribution in [0.1, 0.15) is 12.5 Å². The van der Waals surface area contributed by atoms with E-state index in [9.17, 15) is 24.6 Å². The largest absolute Gasteiger partial charge is 0.504 e. The number of methoxy groups -OCH3 is 1. The molecule has 1 aromatic rings. The molecular weight excluding hydrogens is 344 g/mol. The van der Waals surface area contributed by atoms with Crippen LogP contribution in [0, 0.1) is 11.8 Å². The molecule has 3 atom stereocenters. The molecule has 2 rings (SSSR count). The predicted octanol–water partition coefficient (Wildman–Crippen LogP) is 1.09. The average Bonchev–Trinajstić information content (AvgIpc) is 2.63. The predicted molar refractivity (Wildman–Crippen MR) is 88.1 cm³/mol. The Morgan fingerprint density at radius 3 is 2.62 bits per heavy atom. The highest BCUT2D eigenvalue weighted by Crippen LogP contribution is 2.31. The lowest BCUT2D eigenvalue weighted by atomic mass is 9.82. The number of hydrogen-bond acceptors (Lipinski definition) is 8. The van der Waals surface area contributed by atoms with Crippen molar-refractivity contribution in [3.8, 4) is 11.5 Å². The van der Waals surface area contributed by atoms with E-state index in [1.54, 1.807) is 13.0 Å². The molecule has 1 aliphatic rings. The SMILES string of the molecule is COC(=O)C1=CO[C@@H](C)[C@@H](C=O)[C@@H]1C(=O)OCCc1ccc(O)c(O)c1. The molecule has 0 radical (unpaired) electrons. The van der Waals surface area contributed by atoms with Gasteiger partial charge in [0.05, 0.1) is 31.5 Å². The van der Waals surface area contributed by atoms with Gasteiger partial charge in [0.25, 0.3) is 0 Å². The van der Waals surface area contributed by atoms with Crippen LogP contribution in [0.15, 0.2) is 30.0 Å². The highest BCUT2D eigenvalue weighted by molar-refractivity contribution is 5.97. The van der Waals surface area contributed by atoms with Crippen LogP contribution in [0.3, 0.4) is 0 Å². The number of aromatic hydroxyl groups is 2. The van der Waals surface area contributed by atoms with Crippen molar-refractivity contribution in [2.24, 2.45) is 11.8 Å². The third-order valence-corrected chi connectivity index (χ3v) is 4.18. The highest BCUT2D eigenvalue weighted by Gasteiger charge is 2.43. The zero-order valence-electron chi connectivity index (χ0n) is 14.4. The number of rotatable bonds is 6. The molecule has 0 fully saturated rings. The lowest BCUT2D eigenvalue weighted by molar-refractivity contribution is -0.156. The lowest BCUT2D eigenvalue weighted by Crippen LogP contribution is -2.41. The smallest absolute Gasteiger partial charge is 0.337 e. The van der Waals surface area contributed by atoms with E-state index in [-0.39, 0.29) is 30.1 Å². The second-order valence-electron chi connectivity index (χ2n) is 5.84. The van der Waals surface area contributed by atoms with E-state index in [1.807, 2.05) is 0 Å². The Morgan fingerprint density at radius 1 is 1.27 bits per heavy atom. The topological polar surface area (TPSA) is 119 Å². The Morgan fingerprint density at radius 2 is 2.00 bits per heavy atom. The van der Waals surface area contributed by atoms with E-state index in [0.29, 0.717) is 11.8 Å². The number of ether oxygens (including phenoxy) is 3. The molecule has 2 N–H and O–H groups in total. The maximum absolute atomic E-state index is 12.5. The molecule has 0 bridgehead atoms. The van der Waals surface area contributed by atoms with Crippen LogP contribution in [0.4, 0.5) is 0 Å². The zero-order chi connectivity index (χ0) is 19.3. The molecule has 0 saturated heterocycles. The number of aldehydes is 1. The van der Waals surface area contributed by atoms with Crippen molar-refractivity contribution in [2.75, 3.05) is 13.7 Å². The van der Waals surface area contributed by atoms with Gasteiger partial charge in [0.2, 0.25) is 0 Å². The normalized spacial score (nSPS) is 21.9. The van der Waals surface area contributed by atoms with Crippen molar-refractivity contribution in [3.63, 3.8) is 0 Å². The molecule has 0 saturated carbocycles. The van der Waals surface area contributed by atoms with Crippen LogP contribution in [-0.2, 0) is 35.0 Å². The minimum Gasteiger partial charge on any atom is -0.504 e. The monoisotopic (exact) mass is 364 g/mol. The first-order valence-corrected chi connectivity index (χ1v) is 7.95. The van der Waals surface area contributed by atoms with E-state index < -0.39 is 29.9 Å². The van der Waals surface area contributed by atoms with Crippen molar-refractivity contribution in [3.05, 3.63) is 35.6 Å². The van der Waals surface area contributed by atoms with Crippen molar-refractivity contribution in [1.82, 2.24) is 0 Å². The molecule has 1 aromatic carbocycles. The molecule has 8 nitrogen and oxygen atoms in total. The van der Waals surface area contributed by atoms with Gasteiger partial charge in [0.1, 0.15) is 18.3 Å². The van der Waals surface area contributed by atoms with E-state index in [2.05, 4.69) is 4.74 Å².